The van der Waals surface area contributed by atoms with Gasteiger partial charge in [-0.15, -0.1) is 0 Å². The maximum atomic E-state index is 5.84. The summed E-state index contributed by atoms with van der Waals surface area (Å²) in [5.41, 5.74) is 1.93. The average molecular weight is 349 g/mol. The predicted octanol–water partition coefficient (Wildman–Crippen LogP) is 5.64. The second-order valence-corrected chi connectivity index (χ2v) is 5.62. The topological polar surface area (TPSA) is 9.23 Å². The zero-order valence-corrected chi connectivity index (χ0v) is 13.4. The van der Waals surface area contributed by atoms with Gasteiger partial charge in [0.05, 0.1) is 0 Å². The van der Waals surface area contributed by atoms with Crippen molar-refractivity contribution in [2.75, 3.05) is 0 Å². The molecule has 1 nitrogen and oxygen atoms in total. The van der Waals surface area contributed by atoms with Gasteiger partial charge in [-0.1, -0.05) is 52.0 Å². The molecular weight excluding hydrogens is 336 g/mol. The van der Waals surface area contributed by atoms with E-state index in [2.05, 4.69) is 27.8 Å². The summed E-state index contributed by atoms with van der Waals surface area (Å²) in [4.78, 5) is 0. The van der Waals surface area contributed by atoms with E-state index in [1.165, 1.54) is 0 Å². The second kappa shape index (κ2) is 6.98. The van der Waals surface area contributed by atoms with Crippen molar-refractivity contribution in [1.29, 1.82) is 0 Å². The summed E-state index contributed by atoms with van der Waals surface area (Å²) in [5.74, 6) is 7.89. The molecule has 0 amide bonds. The van der Waals surface area contributed by atoms with Crippen molar-refractivity contribution >= 4 is 15.9 Å². The molecule has 0 aliphatic carbocycles. The molecule has 0 aromatic heterocycles. The molecule has 0 bridgehead atoms. The third kappa shape index (κ3) is 4.00. The van der Waals surface area contributed by atoms with Crippen LogP contribution < -0.4 is 4.74 Å². The molecule has 0 aliphatic heterocycles. The molecule has 0 fully saturated rings. The first kappa shape index (κ1) is 14.4. The van der Waals surface area contributed by atoms with E-state index < -0.39 is 0 Å². The van der Waals surface area contributed by atoms with Crippen LogP contribution in [-0.4, -0.2) is 0 Å². The van der Waals surface area contributed by atoms with Crippen LogP contribution in [0.5, 0.6) is 11.5 Å². The second-order valence-electron chi connectivity index (χ2n) is 4.70. The lowest BCUT2D eigenvalue weighted by molar-refractivity contribution is 0.482. The fraction of sp³-hybridized carbons (Fsp3) is 0. The largest absolute Gasteiger partial charge is 0.457 e. The molecule has 3 rings (SSSR count). The van der Waals surface area contributed by atoms with E-state index in [0.29, 0.717) is 0 Å². The van der Waals surface area contributed by atoms with Crippen molar-refractivity contribution in [2.45, 2.75) is 0 Å². The summed E-state index contributed by atoms with van der Waals surface area (Å²) in [6.45, 7) is 0. The number of rotatable bonds is 2. The van der Waals surface area contributed by atoms with Crippen LogP contribution in [0.25, 0.3) is 0 Å². The Morgan fingerprint density at radius 2 is 1.32 bits per heavy atom. The minimum Gasteiger partial charge on any atom is -0.457 e. The highest BCUT2D eigenvalue weighted by Gasteiger charge is 1.98. The van der Waals surface area contributed by atoms with Crippen LogP contribution in [0.1, 0.15) is 11.1 Å². The number of halogens is 1. The quantitative estimate of drug-likeness (QED) is 0.544. The van der Waals surface area contributed by atoms with Crippen LogP contribution in [-0.2, 0) is 0 Å². The fourth-order valence-electron chi connectivity index (χ4n) is 1.94. The molecule has 0 spiro atoms. The van der Waals surface area contributed by atoms with Crippen LogP contribution in [0.15, 0.2) is 83.3 Å². The summed E-state index contributed by atoms with van der Waals surface area (Å²) in [7, 11) is 0. The number of ether oxygens (including phenoxy) is 1. The normalized spacial score (nSPS) is 9.68. The van der Waals surface area contributed by atoms with E-state index in [1.54, 1.807) is 0 Å². The van der Waals surface area contributed by atoms with E-state index in [4.69, 9.17) is 4.74 Å². The van der Waals surface area contributed by atoms with Gasteiger partial charge in [0.2, 0.25) is 0 Å². The van der Waals surface area contributed by atoms with Crippen LogP contribution in [0.4, 0.5) is 0 Å². The highest BCUT2D eigenvalue weighted by atomic mass is 79.9. The third-order valence-electron chi connectivity index (χ3n) is 3.01. The van der Waals surface area contributed by atoms with Gasteiger partial charge in [-0.3, -0.25) is 0 Å². The number of hydrogen-bond acceptors (Lipinski definition) is 1. The van der Waals surface area contributed by atoms with E-state index in [-0.39, 0.29) is 0 Å². The Morgan fingerprint density at radius 3 is 2.09 bits per heavy atom. The maximum absolute atomic E-state index is 5.84. The molecule has 0 N–H and O–H groups in total. The van der Waals surface area contributed by atoms with Crippen LogP contribution in [0.2, 0.25) is 0 Å². The highest BCUT2D eigenvalue weighted by Crippen LogP contribution is 2.23. The fourth-order valence-corrected chi connectivity index (χ4v) is 2.21. The molecule has 106 valence electrons. The Hall–Kier alpha value is -2.50. The van der Waals surface area contributed by atoms with Gasteiger partial charge in [-0.25, -0.2) is 0 Å². The lowest BCUT2D eigenvalue weighted by Crippen LogP contribution is -1.85. The van der Waals surface area contributed by atoms with Crippen LogP contribution >= 0.6 is 15.9 Å². The lowest BCUT2D eigenvalue weighted by atomic mass is 10.2. The molecule has 2 heteroatoms. The first-order valence-corrected chi connectivity index (χ1v) is 7.69. The van der Waals surface area contributed by atoms with Crippen molar-refractivity contribution < 1.29 is 4.74 Å². The third-order valence-corrected chi connectivity index (χ3v) is 3.54. The van der Waals surface area contributed by atoms with Gasteiger partial charge in [-0.05, 0) is 54.6 Å². The first-order valence-electron chi connectivity index (χ1n) is 6.90. The molecule has 0 radical (unpaired) electrons. The summed E-state index contributed by atoms with van der Waals surface area (Å²) >= 11 is 3.41. The Balaban J connectivity index is 1.78. The van der Waals surface area contributed by atoms with E-state index >= 15 is 0 Å². The molecule has 0 heterocycles. The molecule has 0 aliphatic rings. The van der Waals surface area contributed by atoms with Crippen molar-refractivity contribution in [3.63, 3.8) is 0 Å². The minimum absolute atomic E-state index is 0.780. The summed E-state index contributed by atoms with van der Waals surface area (Å²) in [6, 6.07) is 25.5. The SMILES string of the molecule is Brc1ccc(Oc2cccc(C#Cc3ccccc3)c2)cc1. The van der Waals surface area contributed by atoms with E-state index in [0.717, 1.165) is 27.1 Å². The van der Waals surface area contributed by atoms with Gasteiger partial charge in [-0.2, -0.15) is 0 Å². The number of hydrogen-bond donors (Lipinski definition) is 0. The van der Waals surface area contributed by atoms with Gasteiger partial charge < -0.3 is 4.74 Å². The Labute approximate surface area is 138 Å². The molecule has 0 unspecified atom stereocenters. The lowest BCUT2D eigenvalue weighted by Gasteiger charge is -2.05. The highest BCUT2D eigenvalue weighted by molar-refractivity contribution is 9.10. The molecule has 22 heavy (non-hydrogen) atoms. The summed E-state index contributed by atoms with van der Waals surface area (Å²) < 4.78 is 6.87. The minimum atomic E-state index is 0.780. The predicted molar refractivity (Wildman–Crippen MR) is 93.1 cm³/mol. The smallest absolute Gasteiger partial charge is 0.128 e. The molecular formula is C20H13BrO. The van der Waals surface area contributed by atoms with E-state index in [9.17, 15) is 0 Å². The molecule has 0 saturated carbocycles. The Kier molecular flexibility index (Phi) is 4.58. The standard InChI is InChI=1S/C20H13BrO/c21-18-11-13-19(14-12-18)22-20-8-4-7-17(15-20)10-9-16-5-2-1-3-6-16/h1-8,11-15H. The van der Waals surface area contributed by atoms with Gasteiger partial charge in [0.1, 0.15) is 11.5 Å². The number of benzene rings is 3. The van der Waals surface area contributed by atoms with Crippen molar-refractivity contribution in [1.82, 2.24) is 0 Å². The van der Waals surface area contributed by atoms with Gasteiger partial charge in [0.15, 0.2) is 0 Å². The van der Waals surface area contributed by atoms with Crippen LogP contribution in [0, 0.1) is 11.8 Å². The van der Waals surface area contributed by atoms with Gasteiger partial charge in [0, 0.05) is 15.6 Å². The van der Waals surface area contributed by atoms with E-state index in [1.807, 2.05) is 78.9 Å². The summed E-state index contributed by atoms with van der Waals surface area (Å²) in [5, 5.41) is 0. The molecule has 0 atom stereocenters. The Morgan fingerprint density at radius 1 is 0.636 bits per heavy atom. The van der Waals surface area contributed by atoms with Crippen molar-refractivity contribution in [3.05, 3.63) is 94.5 Å². The molecule has 0 saturated heterocycles. The molecule has 3 aromatic rings. The monoisotopic (exact) mass is 348 g/mol. The zero-order valence-electron chi connectivity index (χ0n) is 11.8. The van der Waals surface area contributed by atoms with Gasteiger partial charge >= 0.3 is 0 Å². The van der Waals surface area contributed by atoms with Crippen LogP contribution in [0.3, 0.4) is 0 Å². The Bertz CT molecular complexity index is 812. The zero-order chi connectivity index (χ0) is 15.2. The van der Waals surface area contributed by atoms with Gasteiger partial charge in [0.25, 0.3) is 0 Å². The first-order chi connectivity index (χ1) is 10.8. The average Bonchev–Trinajstić information content (AvgIpc) is 2.57. The maximum Gasteiger partial charge on any atom is 0.128 e. The van der Waals surface area contributed by atoms with Crippen molar-refractivity contribution in [2.24, 2.45) is 0 Å². The van der Waals surface area contributed by atoms with Crippen molar-refractivity contribution in [3.8, 4) is 23.3 Å². The summed E-state index contributed by atoms with van der Waals surface area (Å²) in [6.07, 6.45) is 0. The molecule has 3 aromatic carbocycles.